The van der Waals surface area contributed by atoms with Crippen molar-refractivity contribution in [2.45, 2.75) is 32.6 Å². The fraction of sp³-hybridized carbons (Fsp3) is 0.438. The molecule has 0 aliphatic heterocycles. The predicted octanol–water partition coefficient (Wildman–Crippen LogP) is 3.09. The lowest BCUT2D eigenvalue weighted by Crippen LogP contribution is -2.48. The summed E-state index contributed by atoms with van der Waals surface area (Å²) in [5.41, 5.74) is -2.67. The minimum atomic E-state index is -1.64. The molecule has 1 rings (SSSR count). The van der Waals surface area contributed by atoms with Crippen LogP contribution in [0.3, 0.4) is 0 Å². The maximum atomic E-state index is 13.1. The summed E-state index contributed by atoms with van der Waals surface area (Å²) in [7, 11) is 0. The van der Waals surface area contributed by atoms with Crippen molar-refractivity contribution in [3.8, 4) is 12.1 Å². The van der Waals surface area contributed by atoms with Crippen molar-refractivity contribution >= 4 is 5.97 Å². The van der Waals surface area contributed by atoms with Crippen LogP contribution in [-0.4, -0.2) is 12.6 Å². The van der Waals surface area contributed by atoms with Gasteiger partial charge in [0.15, 0.2) is 5.41 Å². The summed E-state index contributed by atoms with van der Waals surface area (Å²) in [6.07, 6.45) is 0.115. The van der Waals surface area contributed by atoms with E-state index in [-0.39, 0.29) is 13.0 Å². The Morgan fingerprint density at radius 1 is 1.24 bits per heavy atom. The summed E-state index contributed by atoms with van der Waals surface area (Å²) in [6, 6.07) is 9.25. The van der Waals surface area contributed by atoms with E-state index in [1.165, 1.54) is 31.2 Å². The average Bonchev–Trinajstić information content (AvgIpc) is 2.49. The number of esters is 1. The van der Waals surface area contributed by atoms with Crippen molar-refractivity contribution in [1.82, 2.24) is 0 Å². The number of halogens is 1. The van der Waals surface area contributed by atoms with Gasteiger partial charge in [-0.1, -0.05) is 19.1 Å². The van der Waals surface area contributed by atoms with Gasteiger partial charge in [-0.15, -0.1) is 0 Å². The molecule has 1 aromatic rings. The maximum absolute atomic E-state index is 13.1. The van der Waals surface area contributed by atoms with Gasteiger partial charge in [0, 0.05) is 0 Å². The molecule has 0 radical (unpaired) electrons. The van der Waals surface area contributed by atoms with Gasteiger partial charge in [0.2, 0.25) is 0 Å². The predicted molar refractivity (Wildman–Crippen MR) is 74.3 cm³/mol. The number of ether oxygens (including phenoxy) is 1. The van der Waals surface area contributed by atoms with Gasteiger partial charge in [-0.25, -0.2) is 4.39 Å². The molecule has 0 unspecified atom stereocenters. The number of benzene rings is 1. The molecule has 0 N–H and O–H groups in total. The Bertz CT molecular complexity index is 600. The molecule has 0 saturated heterocycles. The van der Waals surface area contributed by atoms with Crippen molar-refractivity contribution in [1.29, 1.82) is 10.5 Å². The minimum absolute atomic E-state index is 0.115. The number of nitriles is 2. The van der Waals surface area contributed by atoms with Crippen LogP contribution in [0.2, 0.25) is 0 Å². The second kappa shape index (κ2) is 6.37. The Hall–Kier alpha value is -2.40. The van der Waals surface area contributed by atoms with Crippen LogP contribution < -0.4 is 0 Å². The Labute approximate surface area is 123 Å². The molecule has 2 atom stereocenters. The van der Waals surface area contributed by atoms with E-state index in [0.717, 1.165) is 0 Å². The Balaban J connectivity index is 3.51. The van der Waals surface area contributed by atoms with E-state index in [9.17, 15) is 19.7 Å². The monoisotopic (exact) mass is 288 g/mol. The highest BCUT2D eigenvalue weighted by Crippen LogP contribution is 2.45. The highest BCUT2D eigenvalue weighted by molar-refractivity contribution is 5.83. The molecule has 1 aromatic carbocycles. The number of hydrogen-bond donors (Lipinski definition) is 0. The van der Waals surface area contributed by atoms with Gasteiger partial charge in [-0.05, 0) is 38.0 Å². The number of carbonyl (C=O) groups excluding carboxylic acids is 1. The second-order valence-corrected chi connectivity index (χ2v) is 4.83. The molecule has 0 spiro atoms. The first-order chi connectivity index (χ1) is 9.91. The first-order valence-electron chi connectivity index (χ1n) is 6.67. The van der Waals surface area contributed by atoms with E-state index in [1.807, 2.05) is 6.07 Å². The van der Waals surface area contributed by atoms with Gasteiger partial charge in [0.25, 0.3) is 0 Å². The van der Waals surface area contributed by atoms with Gasteiger partial charge in [0.05, 0.1) is 18.7 Å². The quantitative estimate of drug-likeness (QED) is 0.780. The zero-order valence-corrected chi connectivity index (χ0v) is 12.3. The standard InChI is InChI=1S/C16H17FN2O2/c1-4-16(11-19,14(20)21-5-2)15(3,10-18)12-6-8-13(17)9-7-12/h6-9H,4-5H2,1-3H3/t15-,16-/m0/s1. The van der Waals surface area contributed by atoms with Crippen molar-refractivity contribution in [2.24, 2.45) is 5.41 Å². The zero-order valence-electron chi connectivity index (χ0n) is 12.3. The summed E-state index contributed by atoms with van der Waals surface area (Å²) < 4.78 is 18.1. The SMILES string of the molecule is CCOC(=O)[C@@](C#N)(CC)[C@@](C)(C#N)c1ccc(F)cc1. The van der Waals surface area contributed by atoms with Crippen LogP contribution >= 0.6 is 0 Å². The summed E-state index contributed by atoms with van der Waals surface area (Å²) in [6.45, 7) is 4.91. The first-order valence-corrected chi connectivity index (χ1v) is 6.67. The van der Waals surface area contributed by atoms with Crippen LogP contribution in [0.25, 0.3) is 0 Å². The Morgan fingerprint density at radius 2 is 1.81 bits per heavy atom. The number of nitrogens with zero attached hydrogens (tertiary/aromatic N) is 2. The molecule has 4 nitrogen and oxygen atoms in total. The molecule has 0 aliphatic rings. The third-order valence-electron chi connectivity index (χ3n) is 3.84. The third kappa shape index (κ3) is 2.60. The highest BCUT2D eigenvalue weighted by atomic mass is 19.1. The van der Waals surface area contributed by atoms with Gasteiger partial charge in [-0.3, -0.25) is 4.79 Å². The zero-order chi connectivity index (χ0) is 16.1. The number of hydrogen-bond acceptors (Lipinski definition) is 4. The van der Waals surface area contributed by atoms with Crippen molar-refractivity contribution < 1.29 is 13.9 Å². The fourth-order valence-corrected chi connectivity index (χ4v) is 2.38. The summed E-state index contributed by atoms with van der Waals surface area (Å²) in [5.74, 6) is -1.18. The summed E-state index contributed by atoms with van der Waals surface area (Å²) >= 11 is 0. The van der Waals surface area contributed by atoms with Crippen LogP contribution in [-0.2, 0) is 14.9 Å². The first kappa shape index (κ1) is 16.7. The van der Waals surface area contributed by atoms with Gasteiger partial charge >= 0.3 is 5.97 Å². The van der Waals surface area contributed by atoms with Crippen LogP contribution in [0.1, 0.15) is 32.8 Å². The lowest BCUT2D eigenvalue weighted by Gasteiger charge is -2.36. The molecule has 0 bridgehead atoms. The normalized spacial score (nSPS) is 15.9. The Morgan fingerprint density at radius 3 is 2.19 bits per heavy atom. The largest absolute Gasteiger partial charge is 0.465 e. The molecule has 110 valence electrons. The van der Waals surface area contributed by atoms with Crippen molar-refractivity contribution in [3.63, 3.8) is 0 Å². The van der Waals surface area contributed by atoms with E-state index in [0.29, 0.717) is 5.56 Å². The third-order valence-corrected chi connectivity index (χ3v) is 3.84. The van der Waals surface area contributed by atoms with Gasteiger partial charge < -0.3 is 4.74 Å². The van der Waals surface area contributed by atoms with E-state index in [1.54, 1.807) is 13.8 Å². The molecule has 21 heavy (non-hydrogen) atoms. The highest BCUT2D eigenvalue weighted by Gasteiger charge is 2.56. The van der Waals surface area contributed by atoms with E-state index in [2.05, 4.69) is 6.07 Å². The average molecular weight is 288 g/mol. The molecule has 0 saturated carbocycles. The Kier molecular flexibility index (Phi) is 5.05. The minimum Gasteiger partial charge on any atom is -0.465 e. The lowest BCUT2D eigenvalue weighted by molar-refractivity contribution is -0.154. The van der Waals surface area contributed by atoms with Crippen LogP contribution in [0, 0.1) is 33.9 Å². The molecular formula is C16H17FN2O2. The van der Waals surface area contributed by atoms with Gasteiger partial charge in [-0.2, -0.15) is 10.5 Å². The van der Waals surface area contributed by atoms with E-state index < -0.39 is 22.6 Å². The molecular weight excluding hydrogens is 271 g/mol. The maximum Gasteiger partial charge on any atom is 0.328 e. The summed E-state index contributed by atoms with van der Waals surface area (Å²) in [4.78, 5) is 12.3. The second-order valence-electron chi connectivity index (χ2n) is 4.83. The van der Waals surface area contributed by atoms with E-state index >= 15 is 0 Å². The number of rotatable bonds is 5. The fourth-order valence-electron chi connectivity index (χ4n) is 2.38. The number of carbonyl (C=O) groups is 1. The summed E-state index contributed by atoms with van der Waals surface area (Å²) in [5, 5.41) is 19.2. The molecule has 0 amide bonds. The van der Waals surface area contributed by atoms with Gasteiger partial charge in [0.1, 0.15) is 11.2 Å². The molecule has 0 fully saturated rings. The lowest BCUT2D eigenvalue weighted by atomic mass is 9.61. The van der Waals surface area contributed by atoms with Crippen molar-refractivity contribution in [2.75, 3.05) is 6.61 Å². The van der Waals surface area contributed by atoms with E-state index in [4.69, 9.17) is 4.74 Å². The van der Waals surface area contributed by atoms with Crippen LogP contribution in [0.4, 0.5) is 4.39 Å². The van der Waals surface area contributed by atoms with Crippen LogP contribution in [0.5, 0.6) is 0 Å². The molecule has 0 heterocycles. The molecule has 0 aliphatic carbocycles. The van der Waals surface area contributed by atoms with Crippen molar-refractivity contribution in [3.05, 3.63) is 35.6 Å². The topological polar surface area (TPSA) is 73.9 Å². The van der Waals surface area contributed by atoms with Crippen LogP contribution in [0.15, 0.2) is 24.3 Å². The molecule has 0 aromatic heterocycles. The molecule has 5 heteroatoms. The smallest absolute Gasteiger partial charge is 0.328 e.